The number of nitrogens with zero attached hydrogens (tertiary/aromatic N) is 1. The van der Waals surface area contributed by atoms with Crippen molar-refractivity contribution in [2.75, 3.05) is 20.6 Å². The highest BCUT2D eigenvalue weighted by molar-refractivity contribution is 5.76. The second kappa shape index (κ2) is 6.81. The van der Waals surface area contributed by atoms with Crippen molar-refractivity contribution in [1.82, 2.24) is 10.2 Å². The third-order valence-electron chi connectivity index (χ3n) is 3.24. The van der Waals surface area contributed by atoms with Crippen LogP contribution in [0.3, 0.4) is 0 Å². The van der Waals surface area contributed by atoms with E-state index in [1.54, 1.807) is 33.2 Å². The highest BCUT2D eigenvalue weighted by Crippen LogP contribution is 2.20. The molecule has 4 nitrogen and oxygen atoms in total. The lowest BCUT2D eigenvalue weighted by Gasteiger charge is -2.26. The van der Waals surface area contributed by atoms with Gasteiger partial charge in [-0.1, -0.05) is 12.1 Å². The van der Waals surface area contributed by atoms with E-state index in [4.69, 9.17) is 0 Å². The van der Waals surface area contributed by atoms with Gasteiger partial charge >= 0.3 is 0 Å². The maximum absolute atomic E-state index is 12.9. The number of amides is 1. The molecule has 2 unspecified atom stereocenters. The van der Waals surface area contributed by atoms with Crippen LogP contribution in [0.4, 0.5) is 4.39 Å². The standard InChI is InChI=1S/C15H23FN2O2/c1-11(9-14(19)18(3)4)17-10-15(2,20)12-5-7-13(16)8-6-12/h5-8,11,17,20H,9-10H2,1-4H3. The van der Waals surface area contributed by atoms with Gasteiger partial charge in [0.05, 0.1) is 5.60 Å². The van der Waals surface area contributed by atoms with Crippen molar-refractivity contribution in [1.29, 1.82) is 0 Å². The number of hydrogen-bond donors (Lipinski definition) is 2. The molecule has 0 spiro atoms. The first-order valence-corrected chi connectivity index (χ1v) is 6.64. The summed E-state index contributed by atoms with van der Waals surface area (Å²) < 4.78 is 12.9. The molecule has 2 N–H and O–H groups in total. The first kappa shape index (κ1) is 16.6. The van der Waals surface area contributed by atoms with Crippen LogP contribution in [0.25, 0.3) is 0 Å². The minimum Gasteiger partial charge on any atom is -0.384 e. The van der Waals surface area contributed by atoms with Crippen LogP contribution in [0.1, 0.15) is 25.8 Å². The fraction of sp³-hybridized carbons (Fsp3) is 0.533. The normalized spacial score (nSPS) is 15.5. The zero-order valence-electron chi connectivity index (χ0n) is 12.5. The van der Waals surface area contributed by atoms with E-state index >= 15 is 0 Å². The van der Waals surface area contributed by atoms with E-state index in [2.05, 4.69) is 5.32 Å². The fourth-order valence-electron chi connectivity index (χ4n) is 1.80. The molecule has 1 amide bonds. The summed E-state index contributed by atoms with van der Waals surface area (Å²) >= 11 is 0. The Labute approximate surface area is 119 Å². The number of carbonyl (C=O) groups is 1. The molecule has 0 heterocycles. The number of nitrogens with one attached hydrogen (secondary N) is 1. The van der Waals surface area contributed by atoms with Crippen molar-refractivity contribution in [2.45, 2.75) is 31.9 Å². The van der Waals surface area contributed by atoms with E-state index in [-0.39, 0.29) is 17.8 Å². The Kier molecular flexibility index (Phi) is 5.65. The molecule has 0 bridgehead atoms. The number of carbonyl (C=O) groups excluding carboxylic acids is 1. The van der Waals surface area contributed by atoms with Crippen LogP contribution in [-0.2, 0) is 10.4 Å². The van der Waals surface area contributed by atoms with Crippen molar-refractivity contribution in [3.8, 4) is 0 Å². The highest BCUT2D eigenvalue weighted by Gasteiger charge is 2.24. The van der Waals surface area contributed by atoms with Crippen LogP contribution in [-0.4, -0.2) is 42.6 Å². The van der Waals surface area contributed by atoms with Gasteiger partial charge in [-0.3, -0.25) is 4.79 Å². The SMILES string of the molecule is CC(CC(=O)N(C)C)NCC(C)(O)c1ccc(F)cc1. The average Bonchev–Trinajstić information content (AvgIpc) is 2.37. The van der Waals surface area contributed by atoms with Crippen LogP contribution in [0.15, 0.2) is 24.3 Å². The zero-order chi connectivity index (χ0) is 15.3. The van der Waals surface area contributed by atoms with Gasteiger partial charge < -0.3 is 15.3 Å². The predicted molar refractivity (Wildman–Crippen MR) is 76.7 cm³/mol. The Hall–Kier alpha value is -1.46. The summed E-state index contributed by atoms with van der Waals surface area (Å²) in [5.41, 5.74) is -0.471. The monoisotopic (exact) mass is 282 g/mol. The Morgan fingerprint density at radius 2 is 1.95 bits per heavy atom. The van der Waals surface area contributed by atoms with Crippen LogP contribution >= 0.6 is 0 Å². The minimum atomic E-state index is -1.11. The Bertz CT molecular complexity index is 444. The number of halogens is 1. The van der Waals surface area contributed by atoms with Gasteiger partial charge in [0.2, 0.25) is 5.91 Å². The number of hydrogen-bond acceptors (Lipinski definition) is 3. The molecule has 5 heteroatoms. The topological polar surface area (TPSA) is 52.6 Å². The minimum absolute atomic E-state index is 0.0337. The van der Waals surface area contributed by atoms with Gasteiger partial charge in [-0.2, -0.15) is 0 Å². The van der Waals surface area contributed by atoms with E-state index in [0.29, 0.717) is 18.5 Å². The smallest absolute Gasteiger partial charge is 0.223 e. The molecule has 0 saturated carbocycles. The number of aliphatic hydroxyl groups is 1. The molecule has 0 saturated heterocycles. The first-order chi connectivity index (χ1) is 9.22. The molecule has 2 atom stereocenters. The van der Waals surface area contributed by atoms with Gasteiger partial charge in [-0.25, -0.2) is 4.39 Å². The molecule has 0 radical (unpaired) electrons. The van der Waals surface area contributed by atoms with Crippen LogP contribution in [0, 0.1) is 5.82 Å². The van der Waals surface area contributed by atoms with Gasteiger partial charge in [0, 0.05) is 33.1 Å². The summed E-state index contributed by atoms with van der Waals surface area (Å²) in [6, 6.07) is 5.72. The highest BCUT2D eigenvalue weighted by atomic mass is 19.1. The van der Waals surface area contributed by atoms with Gasteiger partial charge in [0.1, 0.15) is 5.82 Å². The summed E-state index contributed by atoms with van der Waals surface area (Å²) in [5, 5.41) is 13.5. The Balaban J connectivity index is 2.54. The fourth-order valence-corrected chi connectivity index (χ4v) is 1.80. The lowest BCUT2D eigenvalue weighted by molar-refractivity contribution is -0.129. The van der Waals surface area contributed by atoms with Gasteiger partial charge in [0.15, 0.2) is 0 Å². The molecule has 112 valence electrons. The van der Waals surface area contributed by atoms with E-state index in [0.717, 1.165) is 0 Å². The molecule has 1 rings (SSSR count). The van der Waals surface area contributed by atoms with Gasteiger partial charge in [-0.15, -0.1) is 0 Å². The molecule has 0 aromatic heterocycles. The van der Waals surface area contributed by atoms with Crippen molar-refractivity contribution in [3.63, 3.8) is 0 Å². The quantitative estimate of drug-likeness (QED) is 0.831. The van der Waals surface area contributed by atoms with Crippen molar-refractivity contribution >= 4 is 5.91 Å². The summed E-state index contributed by atoms with van der Waals surface area (Å²) in [7, 11) is 3.42. The third kappa shape index (κ3) is 4.90. The zero-order valence-corrected chi connectivity index (χ0v) is 12.5. The molecule has 0 aliphatic carbocycles. The van der Waals surface area contributed by atoms with Gasteiger partial charge in [0.25, 0.3) is 0 Å². The molecule has 0 aliphatic heterocycles. The van der Waals surface area contributed by atoms with E-state index < -0.39 is 5.60 Å². The summed E-state index contributed by atoms with van der Waals surface area (Å²) in [4.78, 5) is 13.1. The summed E-state index contributed by atoms with van der Waals surface area (Å²) in [5.74, 6) is -0.297. The van der Waals surface area contributed by atoms with Crippen LogP contribution in [0.2, 0.25) is 0 Å². The van der Waals surface area contributed by atoms with Crippen molar-refractivity contribution in [3.05, 3.63) is 35.6 Å². The Morgan fingerprint density at radius 1 is 1.40 bits per heavy atom. The maximum Gasteiger partial charge on any atom is 0.223 e. The lowest BCUT2D eigenvalue weighted by atomic mass is 9.95. The predicted octanol–water partition coefficient (Wildman–Crippen LogP) is 1.49. The van der Waals surface area contributed by atoms with E-state index in [1.807, 2.05) is 6.92 Å². The van der Waals surface area contributed by atoms with E-state index in [1.165, 1.54) is 17.0 Å². The second-order valence-corrected chi connectivity index (χ2v) is 5.55. The molecule has 20 heavy (non-hydrogen) atoms. The van der Waals surface area contributed by atoms with Crippen molar-refractivity contribution < 1.29 is 14.3 Å². The second-order valence-electron chi connectivity index (χ2n) is 5.55. The third-order valence-corrected chi connectivity index (χ3v) is 3.24. The number of benzene rings is 1. The van der Waals surface area contributed by atoms with Gasteiger partial charge in [-0.05, 0) is 31.5 Å². The van der Waals surface area contributed by atoms with Crippen molar-refractivity contribution in [2.24, 2.45) is 0 Å². The largest absolute Gasteiger partial charge is 0.384 e. The molecule has 0 fully saturated rings. The molecule has 1 aromatic rings. The maximum atomic E-state index is 12.9. The first-order valence-electron chi connectivity index (χ1n) is 6.64. The molecule has 0 aliphatic rings. The van der Waals surface area contributed by atoms with E-state index in [9.17, 15) is 14.3 Å². The lowest BCUT2D eigenvalue weighted by Crippen LogP contribution is -2.41. The van der Waals surface area contributed by atoms with Crippen LogP contribution in [0.5, 0.6) is 0 Å². The average molecular weight is 282 g/mol. The van der Waals surface area contributed by atoms with Crippen LogP contribution < -0.4 is 5.32 Å². The number of rotatable bonds is 6. The molecular weight excluding hydrogens is 259 g/mol. The summed E-state index contributed by atoms with van der Waals surface area (Å²) in [6.07, 6.45) is 0.368. The molecule has 1 aromatic carbocycles. The summed E-state index contributed by atoms with van der Waals surface area (Å²) in [6.45, 7) is 3.84. The Morgan fingerprint density at radius 3 is 2.45 bits per heavy atom. The molecular formula is C15H23FN2O2.